The van der Waals surface area contributed by atoms with Crippen LogP contribution in [0.1, 0.15) is 11.7 Å². The zero-order valence-corrected chi connectivity index (χ0v) is 10.6. The Labute approximate surface area is 101 Å². The monoisotopic (exact) mass is 286 g/mol. The van der Waals surface area contributed by atoms with Gasteiger partial charge >= 0.3 is 0 Å². The molecule has 2 nitrogen and oxygen atoms in total. The predicted molar refractivity (Wildman–Crippen MR) is 65.7 cm³/mol. The van der Waals surface area contributed by atoms with Gasteiger partial charge in [0.15, 0.2) is 0 Å². The summed E-state index contributed by atoms with van der Waals surface area (Å²) in [6.45, 7) is 0.442. The van der Waals surface area contributed by atoms with Crippen LogP contribution in [0.25, 0.3) is 0 Å². The van der Waals surface area contributed by atoms with Gasteiger partial charge in [0.25, 0.3) is 0 Å². The van der Waals surface area contributed by atoms with E-state index in [9.17, 15) is 5.11 Å². The Kier molecular flexibility index (Phi) is 3.38. The highest BCUT2D eigenvalue weighted by molar-refractivity contribution is 9.11. The van der Waals surface area contributed by atoms with Crippen LogP contribution in [0.5, 0.6) is 5.75 Å². The van der Waals surface area contributed by atoms with Gasteiger partial charge in [-0.2, -0.15) is 0 Å². The van der Waals surface area contributed by atoms with Crippen LogP contribution in [-0.4, -0.2) is 18.0 Å². The first-order valence-electron chi connectivity index (χ1n) is 4.54. The number of aliphatic hydroxyl groups is 1. The van der Waals surface area contributed by atoms with Crippen molar-refractivity contribution < 1.29 is 9.84 Å². The highest BCUT2D eigenvalue weighted by Gasteiger charge is 2.23. The van der Waals surface area contributed by atoms with Gasteiger partial charge in [-0.25, -0.2) is 0 Å². The van der Waals surface area contributed by atoms with E-state index in [2.05, 4.69) is 15.9 Å². The molecule has 0 saturated heterocycles. The quantitative estimate of drug-likeness (QED) is 0.805. The average Bonchev–Trinajstić information content (AvgIpc) is 2.29. The van der Waals surface area contributed by atoms with E-state index in [0.29, 0.717) is 6.61 Å². The van der Waals surface area contributed by atoms with Crippen molar-refractivity contribution in [1.29, 1.82) is 0 Å². The summed E-state index contributed by atoms with van der Waals surface area (Å²) in [5.41, 5.74) is 1.69. The molecule has 2 rings (SSSR count). The van der Waals surface area contributed by atoms with E-state index in [4.69, 9.17) is 4.74 Å². The second kappa shape index (κ2) is 4.60. The van der Waals surface area contributed by atoms with Gasteiger partial charge in [-0.1, -0.05) is 15.9 Å². The highest BCUT2D eigenvalue weighted by atomic mass is 79.9. The van der Waals surface area contributed by atoms with E-state index >= 15 is 0 Å². The van der Waals surface area contributed by atoms with Gasteiger partial charge in [-0.15, -0.1) is 11.8 Å². The first kappa shape index (κ1) is 11.0. The smallest absolute Gasteiger partial charge is 0.126 e. The first-order valence-corrected chi connectivity index (χ1v) is 6.68. The Morgan fingerprint density at radius 2 is 2.40 bits per heavy atom. The predicted octanol–water partition coefficient (Wildman–Crippen LogP) is 3.11. The molecule has 0 bridgehead atoms. The maximum absolute atomic E-state index is 10.1. The molecule has 1 aliphatic heterocycles. The van der Waals surface area contributed by atoms with Gasteiger partial charge in [0, 0.05) is 16.0 Å². The topological polar surface area (TPSA) is 29.5 Å². The van der Waals surface area contributed by atoms with E-state index in [1.165, 1.54) is 0 Å². The molecule has 80 valence electrons. The summed E-state index contributed by atoms with van der Waals surface area (Å²) in [4.78, 5) is 2.86. The molecule has 1 N–H and O–H groups in total. The van der Waals surface area contributed by atoms with E-state index in [-0.39, 0.29) is 0 Å². The summed E-state index contributed by atoms with van der Waals surface area (Å²) in [5.74, 6) is 0.776. The molecule has 1 aromatic rings. The maximum atomic E-state index is 10.1. The van der Waals surface area contributed by atoms with Crippen molar-refractivity contribution in [3.05, 3.63) is 34.3 Å². The van der Waals surface area contributed by atoms with Crippen LogP contribution in [0.2, 0.25) is 0 Å². The molecule has 0 spiro atoms. The molecule has 1 aromatic carbocycles. The van der Waals surface area contributed by atoms with Gasteiger partial charge in [0.1, 0.15) is 18.5 Å². The third-order valence-electron chi connectivity index (χ3n) is 2.40. The minimum Gasteiger partial charge on any atom is -0.489 e. The lowest BCUT2D eigenvalue weighted by Gasteiger charge is -2.24. The Bertz CT molecular complexity index is 404. The minimum absolute atomic E-state index is 0.442. The second-order valence-electron chi connectivity index (χ2n) is 3.28. The lowest BCUT2D eigenvalue weighted by molar-refractivity contribution is 0.170. The van der Waals surface area contributed by atoms with Crippen LogP contribution in [0.15, 0.2) is 33.7 Å². The zero-order valence-electron chi connectivity index (χ0n) is 8.24. The SMILES string of the molecule is CSc1ccc2c(c1)C(O)/C(=C/Br)CO2. The minimum atomic E-state index is -0.555. The molecular weight excluding hydrogens is 276 g/mol. The summed E-state index contributed by atoms with van der Waals surface area (Å²) in [6, 6.07) is 5.88. The number of hydrogen-bond donors (Lipinski definition) is 1. The van der Waals surface area contributed by atoms with Crippen LogP contribution in [0, 0.1) is 0 Å². The molecule has 0 amide bonds. The fourth-order valence-corrected chi connectivity index (χ4v) is 2.36. The molecule has 0 aromatic heterocycles. The summed E-state index contributed by atoms with van der Waals surface area (Å²) in [6.07, 6.45) is 1.46. The summed E-state index contributed by atoms with van der Waals surface area (Å²) in [7, 11) is 0. The molecule has 1 atom stereocenters. The molecule has 0 aliphatic carbocycles. The maximum Gasteiger partial charge on any atom is 0.126 e. The Hall–Kier alpha value is -0.450. The van der Waals surface area contributed by atoms with Crippen LogP contribution in [-0.2, 0) is 0 Å². The molecule has 0 saturated carbocycles. The van der Waals surface area contributed by atoms with Crippen molar-refractivity contribution in [3.63, 3.8) is 0 Å². The number of benzene rings is 1. The largest absolute Gasteiger partial charge is 0.489 e. The molecular formula is C11H11BrO2S. The Morgan fingerprint density at radius 1 is 1.60 bits per heavy atom. The number of thioether (sulfide) groups is 1. The number of ether oxygens (including phenoxy) is 1. The number of hydrogen-bond acceptors (Lipinski definition) is 3. The van der Waals surface area contributed by atoms with Crippen LogP contribution in [0.3, 0.4) is 0 Å². The number of halogens is 1. The molecule has 0 radical (unpaired) electrons. The third kappa shape index (κ3) is 2.07. The summed E-state index contributed by atoms with van der Waals surface area (Å²) >= 11 is 4.89. The summed E-state index contributed by atoms with van der Waals surface area (Å²) < 4.78 is 5.53. The van der Waals surface area contributed by atoms with Crippen molar-refractivity contribution in [3.8, 4) is 5.75 Å². The molecule has 15 heavy (non-hydrogen) atoms. The van der Waals surface area contributed by atoms with Gasteiger partial charge in [0.05, 0.1) is 0 Å². The van der Waals surface area contributed by atoms with Gasteiger partial charge in [0.2, 0.25) is 0 Å². The van der Waals surface area contributed by atoms with Crippen molar-refractivity contribution in [2.75, 3.05) is 12.9 Å². The highest BCUT2D eigenvalue weighted by Crippen LogP contribution is 2.37. The lowest BCUT2D eigenvalue weighted by Crippen LogP contribution is -2.17. The van der Waals surface area contributed by atoms with Crippen LogP contribution in [0.4, 0.5) is 0 Å². The molecule has 1 aliphatic rings. The van der Waals surface area contributed by atoms with Crippen molar-refractivity contribution in [2.24, 2.45) is 0 Å². The van der Waals surface area contributed by atoms with Gasteiger partial charge in [-0.3, -0.25) is 0 Å². The average molecular weight is 287 g/mol. The van der Waals surface area contributed by atoms with Crippen molar-refractivity contribution >= 4 is 27.7 Å². The Morgan fingerprint density at radius 3 is 3.07 bits per heavy atom. The fraction of sp³-hybridized carbons (Fsp3) is 0.273. The lowest BCUT2D eigenvalue weighted by atomic mass is 10.00. The van der Waals surface area contributed by atoms with E-state index in [1.807, 2.05) is 24.5 Å². The zero-order chi connectivity index (χ0) is 10.8. The number of aliphatic hydroxyl groups excluding tert-OH is 1. The number of rotatable bonds is 1. The fourth-order valence-electron chi connectivity index (χ4n) is 1.53. The van der Waals surface area contributed by atoms with E-state index in [1.54, 1.807) is 16.7 Å². The first-order chi connectivity index (χ1) is 7.26. The van der Waals surface area contributed by atoms with Gasteiger partial charge < -0.3 is 9.84 Å². The molecule has 1 heterocycles. The van der Waals surface area contributed by atoms with Gasteiger partial charge in [-0.05, 0) is 29.4 Å². The van der Waals surface area contributed by atoms with E-state index in [0.717, 1.165) is 21.8 Å². The van der Waals surface area contributed by atoms with Crippen LogP contribution >= 0.6 is 27.7 Å². The third-order valence-corrected chi connectivity index (χ3v) is 3.71. The molecule has 1 unspecified atom stereocenters. The van der Waals surface area contributed by atoms with E-state index < -0.39 is 6.10 Å². The Balaban J connectivity index is 2.44. The summed E-state index contributed by atoms with van der Waals surface area (Å²) in [5, 5.41) is 10.1. The van der Waals surface area contributed by atoms with Crippen molar-refractivity contribution in [1.82, 2.24) is 0 Å². The standard InChI is InChI=1S/C11H11BrO2S/c1-15-8-2-3-10-9(4-8)11(13)7(5-12)6-14-10/h2-5,11,13H,6H2,1H3/b7-5+. The normalized spacial score (nSPS) is 22.3. The molecule has 4 heteroatoms. The van der Waals surface area contributed by atoms with Crippen molar-refractivity contribution in [2.45, 2.75) is 11.0 Å². The second-order valence-corrected chi connectivity index (χ2v) is 4.62. The number of fused-ring (bicyclic) bond motifs is 1. The molecule has 0 fully saturated rings. The van der Waals surface area contributed by atoms with Crippen LogP contribution < -0.4 is 4.74 Å².